The van der Waals surface area contributed by atoms with E-state index in [-0.39, 0.29) is 11.8 Å². The van der Waals surface area contributed by atoms with Crippen molar-refractivity contribution in [2.45, 2.75) is 25.2 Å². The molecule has 0 unspecified atom stereocenters. The summed E-state index contributed by atoms with van der Waals surface area (Å²) in [6, 6.07) is 5.36. The van der Waals surface area contributed by atoms with Gasteiger partial charge in [0, 0.05) is 31.1 Å². The molecule has 1 aliphatic heterocycles. The molecule has 1 aromatic carbocycles. The van der Waals surface area contributed by atoms with Crippen molar-refractivity contribution in [2.75, 3.05) is 29.1 Å². The van der Waals surface area contributed by atoms with Crippen LogP contribution in [0.1, 0.15) is 41.1 Å². The van der Waals surface area contributed by atoms with E-state index in [0.29, 0.717) is 36.0 Å². The highest BCUT2D eigenvalue weighted by molar-refractivity contribution is 6.06. The van der Waals surface area contributed by atoms with Crippen LogP contribution in [-0.2, 0) is 4.79 Å². The molecule has 0 atom stereocenters. The molecule has 1 saturated carbocycles. The van der Waals surface area contributed by atoms with Gasteiger partial charge in [-0.2, -0.15) is 5.10 Å². The number of benzene rings is 1. The quantitative estimate of drug-likeness (QED) is 0.808. The van der Waals surface area contributed by atoms with Gasteiger partial charge >= 0.3 is 0 Å². The lowest BCUT2D eigenvalue weighted by Gasteiger charge is -2.18. The van der Waals surface area contributed by atoms with Gasteiger partial charge in [0.2, 0.25) is 5.91 Å². The summed E-state index contributed by atoms with van der Waals surface area (Å²) in [7, 11) is 1.94. The molecule has 1 aromatic heterocycles. The van der Waals surface area contributed by atoms with Crippen LogP contribution in [0.5, 0.6) is 0 Å². The van der Waals surface area contributed by atoms with E-state index in [1.54, 1.807) is 18.3 Å². The van der Waals surface area contributed by atoms with Crippen LogP contribution in [0.4, 0.5) is 17.2 Å². The average Bonchev–Trinajstić information content (AvgIpc) is 3.33. The van der Waals surface area contributed by atoms with Gasteiger partial charge in [0.15, 0.2) is 0 Å². The van der Waals surface area contributed by atoms with Gasteiger partial charge in [0.05, 0.1) is 17.6 Å². The molecule has 0 spiro atoms. The molecule has 24 heavy (non-hydrogen) atoms. The molecule has 0 radical (unpaired) electrons. The van der Waals surface area contributed by atoms with Crippen molar-refractivity contribution in [3.05, 3.63) is 35.5 Å². The Morgan fingerprint density at radius 2 is 2.21 bits per heavy atom. The molecule has 3 N–H and O–H groups in total. The van der Waals surface area contributed by atoms with Gasteiger partial charge in [-0.05, 0) is 37.0 Å². The van der Waals surface area contributed by atoms with E-state index in [1.807, 2.05) is 18.0 Å². The van der Waals surface area contributed by atoms with Gasteiger partial charge in [-0.15, -0.1) is 0 Å². The zero-order valence-electron chi connectivity index (χ0n) is 13.4. The van der Waals surface area contributed by atoms with Crippen LogP contribution in [0.15, 0.2) is 24.4 Å². The normalized spacial score (nSPS) is 17.0. The smallest absolute Gasteiger partial charge is 0.256 e. The standard InChI is InChI=1S/C17H19N5O2/c1-22-7-6-15(23)19-13-8-11(4-5-14(13)22)17(24)20-16-12(9-18-21-16)10-2-3-10/h4-5,8-10H,2-3,6-7H2,1H3,(H,19,23)(H2,18,20,21,24). The number of hydrogen-bond acceptors (Lipinski definition) is 4. The second-order valence-electron chi connectivity index (χ2n) is 6.38. The molecule has 2 amide bonds. The third-order valence-electron chi connectivity index (χ3n) is 4.54. The van der Waals surface area contributed by atoms with E-state index in [0.717, 1.165) is 24.1 Å². The number of hydrogen-bond donors (Lipinski definition) is 3. The number of aromatic amines is 1. The first kappa shape index (κ1) is 14.7. The lowest BCUT2D eigenvalue weighted by Crippen LogP contribution is -2.18. The highest BCUT2D eigenvalue weighted by atomic mass is 16.2. The summed E-state index contributed by atoms with van der Waals surface area (Å²) in [5.41, 5.74) is 3.14. The summed E-state index contributed by atoms with van der Waals surface area (Å²) in [4.78, 5) is 26.4. The molecular weight excluding hydrogens is 306 g/mol. The lowest BCUT2D eigenvalue weighted by molar-refractivity contribution is -0.115. The summed E-state index contributed by atoms with van der Waals surface area (Å²) in [6.45, 7) is 0.656. The van der Waals surface area contributed by atoms with E-state index >= 15 is 0 Å². The largest absolute Gasteiger partial charge is 0.372 e. The zero-order valence-corrected chi connectivity index (χ0v) is 13.4. The molecule has 0 saturated heterocycles. The molecule has 1 aliphatic carbocycles. The minimum absolute atomic E-state index is 0.0391. The van der Waals surface area contributed by atoms with Gasteiger partial charge in [0.25, 0.3) is 5.91 Å². The van der Waals surface area contributed by atoms with Crippen molar-refractivity contribution >= 4 is 29.0 Å². The van der Waals surface area contributed by atoms with Gasteiger partial charge in [-0.3, -0.25) is 14.7 Å². The Hall–Kier alpha value is -2.83. The number of aromatic nitrogens is 2. The van der Waals surface area contributed by atoms with Crippen LogP contribution < -0.4 is 15.5 Å². The summed E-state index contributed by atoms with van der Waals surface area (Å²) in [6.07, 6.45) is 4.49. The summed E-state index contributed by atoms with van der Waals surface area (Å²) in [5, 5.41) is 12.6. The molecule has 0 bridgehead atoms. The fourth-order valence-electron chi connectivity index (χ4n) is 3.00. The second-order valence-corrected chi connectivity index (χ2v) is 6.38. The van der Waals surface area contributed by atoms with Crippen molar-refractivity contribution in [1.29, 1.82) is 0 Å². The van der Waals surface area contributed by atoms with E-state index in [9.17, 15) is 9.59 Å². The van der Waals surface area contributed by atoms with E-state index in [1.165, 1.54) is 0 Å². The van der Waals surface area contributed by atoms with Crippen molar-refractivity contribution in [3.8, 4) is 0 Å². The number of H-pyrrole nitrogens is 1. The Bertz CT molecular complexity index is 809. The first-order valence-corrected chi connectivity index (χ1v) is 8.11. The Morgan fingerprint density at radius 1 is 1.38 bits per heavy atom. The fourth-order valence-corrected chi connectivity index (χ4v) is 3.00. The average molecular weight is 325 g/mol. The minimum Gasteiger partial charge on any atom is -0.372 e. The molecule has 2 aliphatic rings. The maximum atomic E-state index is 12.6. The van der Waals surface area contributed by atoms with Gasteiger partial charge in [-0.25, -0.2) is 0 Å². The number of anilines is 3. The molecule has 124 valence electrons. The van der Waals surface area contributed by atoms with Crippen LogP contribution in [0, 0.1) is 0 Å². The number of nitrogens with one attached hydrogen (secondary N) is 3. The molecular formula is C17H19N5O2. The summed E-state index contributed by atoms with van der Waals surface area (Å²) < 4.78 is 0. The predicted octanol–water partition coefficient (Wildman–Crippen LogP) is 2.32. The van der Waals surface area contributed by atoms with Crippen molar-refractivity contribution in [3.63, 3.8) is 0 Å². The number of amides is 2. The Labute approximate surface area is 139 Å². The number of nitrogens with zero attached hydrogens (tertiary/aromatic N) is 2. The third-order valence-corrected chi connectivity index (χ3v) is 4.54. The SMILES string of the molecule is CN1CCC(=O)Nc2cc(C(=O)Nc3[nH]ncc3C3CC3)ccc21. The molecule has 2 heterocycles. The highest BCUT2D eigenvalue weighted by Crippen LogP contribution is 2.42. The second kappa shape index (κ2) is 5.67. The Balaban J connectivity index is 1.58. The van der Waals surface area contributed by atoms with Crippen molar-refractivity contribution in [1.82, 2.24) is 10.2 Å². The fraction of sp³-hybridized carbons (Fsp3) is 0.353. The maximum absolute atomic E-state index is 12.6. The summed E-state index contributed by atoms with van der Waals surface area (Å²) >= 11 is 0. The predicted molar refractivity (Wildman–Crippen MR) is 91.5 cm³/mol. The molecule has 2 aromatic rings. The first-order chi connectivity index (χ1) is 11.6. The Morgan fingerprint density at radius 3 is 3.00 bits per heavy atom. The monoisotopic (exact) mass is 325 g/mol. The first-order valence-electron chi connectivity index (χ1n) is 8.11. The van der Waals surface area contributed by atoms with Crippen molar-refractivity contribution in [2.24, 2.45) is 0 Å². The van der Waals surface area contributed by atoms with Crippen LogP contribution in [0.3, 0.4) is 0 Å². The van der Waals surface area contributed by atoms with Gasteiger partial charge in [-0.1, -0.05) is 0 Å². The molecule has 7 nitrogen and oxygen atoms in total. The topological polar surface area (TPSA) is 90.1 Å². The maximum Gasteiger partial charge on any atom is 0.256 e. The third kappa shape index (κ3) is 2.73. The summed E-state index contributed by atoms with van der Waals surface area (Å²) in [5.74, 6) is 0.908. The molecule has 7 heteroatoms. The van der Waals surface area contributed by atoms with Gasteiger partial charge < -0.3 is 15.5 Å². The van der Waals surface area contributed by atoms with Crippen LogP contribution in [0.25, 0.3) is 0 Å². The van der Waals surface area contributed by atoms with Crippen molar-refractivity contribution < 1.29 is 9.59 Å². The van der Waals surface area contributed by atoms with Crippen LogP contribution in [0.2, 0.25) is 0 Å². The van der Waals surface area contributed by atoms with Crippen LogP contribution in [-0.4, -0.2) is 35.6 Å². The molecule has 1 fully saturated rings. The number of rotatable bonds is 3. The van der Waals surface area contributed by atoms with E-state index in [2.05, 4.69) is 20.8 Å². The van der Waals surface area contributed by atoms with Crippen LogP contribution >= 0.6 is 0 Å². The number of carbonyl (C=O) groups excluding carboxylic acids is 2. The highest BCUT2D eigenvalue weighted by Gasteiger charge is 2.28. The van der Waals surface area contributed by atoms with E-state index < -0.39 is 0 Å². The minimum atomic E-state index is -0.218. The zero-order chi connectivity index (χ0) is 16.7. The number of carbonyl (C=O) groups is 2. The lowest BCUT2D eigenvalue weighted by atomic mass is 10.1. The van der Waals surface area contributed by atoms with Gasteiger partial charge in [0.1, 0.15) is 5.82 Å². The molecule has 4 rings (SSSR count). The Kier molecular flexibility index (Phi) is 3.48. The number of fused-ring (bicyclic) bond motifs is 1. The van der Waals surface area contributed by atoms with E-state index in [4.69, 9.17) is 0 Å².